The van der Waals surface area contributed by atoms with Crippen LogP contribution in [0.1, 0.15) is 12.5 Å². The number of rotatable bonds is 6. The largest absolute Gasteiger partial charge is 0.342 e. The van der Waals surface area contributed by atoms with Crippen LogP contribution in [-0.4, -0.2) is 72.5 Å². The number of sulfonamides is 1. The molecule has 22 heavy (non-hydrogen) atoms. The molecule has 1 aliphatic rings. The van der Waals surface area contributed by atoms with Gasteiger partial charge in [0, 0.05) is 38.6 Å². The summed E-state index contributed by atoms with van der Waals surface area (Å²) in [6.45, 7) is 1.68. The van der Waals surface area contributed by atoms with E-state index in [-0.39, 0.29) is 11.9 Å². The Morgan fingerprint density at radius 3 is 2.27 bits per heavy atom. The minimum absolute atomic E-state index is 0.0819. The first kappa shape index (κ1) is 17.4. The molecule has 1 aliphatic heterocycles. The number of hydrogen-bond donors (Lipinski definition) is 0. The summed E-state index contributed by atoms with van der Waals surface area (Å²) in [4.78, 5) is 14.6. The Labute approximate surface area is 136 Å². The van der Waals surface area contributed by atoms with Gasteiger partial charge in [0.2, 0.25) is 15.9 Å². The Bertz CT molecular complexity index is 578. The zero-order chi connectivity index (χ0) is 16.2. The lowest BCUT2D eigenvalue weighted by atomic mass is 10.1. The van der Waals surface area contributed by atoms with Crippen LogP contribution in [0.5, 0.6) is 0 Å². The van der Waals surface area contributed by atoms with E-state index in [1.54, 1.807) is 16.7 Å². The number of aromatic nitrogens is 1. The minimum Gasteiger partial charge on any atom is -0.342 e. The molecular weight excluding hydrogens is 322 g/mol. The number of nitrogens with zero attached hydrogens (tertiary/aromatic N) is 3. The second-order valence-electron chi connectivity index (χ2n) is 5.41. The van der Waals surface area contributed by atoms with Crippen molar-refractivity contribution in [3.63, 3.8) is 0 Å². The highest BCUT2D eigenvalue weighted by molar-refractivity contribution is 7.98. The SMILES string of the molecule is CSCC[C@H](C(=O)N1CCN(S(C)(=O)=O)CC1)n1cccc1. The van der Waals surface area contributed by atoms with Crippen molar-refractivity contribution in [3.05, 3.63) is 24.5 Å². The van der Waals surface area contributed by atoms with Crippen molar-refractivity contribution in [3.8, 4) is 0 Å². The van der Waals surface area contributed by atoms with Crippen molar-refractivity contribution in [2.45, 2.75) is 12.5 Å². The van der Waals surface area contributed by atoms with E-state index in [1.165, 1.54) is 10.6 Å². The summed E-state index contributed by atoms with van der Waals surface area (Å²) >= 11 is 1.72. The molecule has 0 radical (unpaired) electrons. The quantitative estimate of drug-likeness (QED) is 0.768. The van der Waals surface area contributed by atoms with Gasteiger partial charge in [-0.1, -0.05) is 0 Å². The average Bonchev–Trinajstić information content (AvgIpc) is 3.01. The lowest BCUT2D eigenvalue weighted by molar-refractivity contribution is -0.136. The third kappa shape index (κ3) is 4.27. The molecule has 1 fully saturated rings. The molecule has 1 saturated heterocycles. The zero-order valence-electron chi connectivity index (χ0n) is 13.0. The molecule has 1 aromatic heterocycles. The van der Waals surface area contributed by atoms with E-state index in [4.69, 9.17) is 0 Å². The molecule has 0 bridgehead atoms. The Morgan fingerprint density at radius 1 is 1.18 bits per heavy atom. The van der Waals surface area contributed by atoms with Crippen LogP contribution in [0.3, 0.4) is 0 Å². The smallest absolute Gasteiger partial charge is 0.245 e. The zero-order valence-corrected chi connectivity index (χ0v) is 14.6. The van der Waals surface area contributed by atoms with Crippen molar-refractivity contribution >= 4 is 27.7 Å². The van der Waals surface area contributed by atoms with Crippen molar-refractivity contribution in [2.75, 3.05) is 44.4 Å². The number of carbonyl (C=O) groups excluding carboxylic acids is 1. The molecule has 1 aromatic rings. The fraction of sp³-hybridized carbons (Fsp3) is 0.643. The van der Waals surface area contributed by atoms with Crippen LogP contribution in [-0.2, 0) is 14.8 Å². The summed E-state index contributed by atoms with van der Waals surface area (Å²) in [5, 5.41) is 0. The predicted molar refractivity (Wildman–Crippen MR) is 89.5 cm³/mol. The van der Waals surface area contributed by atoms with Gasteiger partial charge in [-0.3, -0.25) is 4.79 Å². The highest BCUT2D eigenvalue weighted by Crippen LogP contribution is 2.19. The van der Waals surface area contributed by atoms with Crippen LogP contribution in [0.25, 0.3) is 0 Å². The molecule has 2 heterocycles. The van der Waals surface area contributed by atoms with E-state index in [2.05, 4.69) is 0 Å². The maximum atomic E-state index is 12.8. The van der Waals surface area contributed by atoms with Gasteiger partial charge in [0.25, 0.3) is 0 Å². The minimum atomic E-state index is -3.17. The van der Waals surface area contributed by atoms with Crippen LogP contribution >= 0.6 is 11.8 Å². The van der Waals surface area contributed by atoms with Gasteiger partial charge in [0.15, 0.2) is 0 Å². The fourth-order valence-corrected chi connectivity index (χ4v) is 3.92. The van der Waals surface area contributed by atoms with Crippen molar-refractivity contribution in [1.29, 1.82) is 0 Å². The molecule has 124 valence electrons. The van der Waals surface area contributed by atoms with E-state index < -0.39 is 10.0 Å². The van der Waals surface area contributed by atoms with Crippen LogP contribution < -0.4 is 0 Å². The summed E-state index contributed by atoms with van der Waals surface area (Å²) < 4.78 is 26.5. The van der Waals surface area contributed by atoms with Crippen LogP contribution in [0, 0.1) is 0 Å². The lowest BCUT2D eigenvalue weighted by Crippen LogP contribution is -2.51. The molecular formula is C14H23N3O3S2. The predicted octanol–water partition coefficient (Wildman–Crippen LogP) is 0.886. The summed E-state index contributed by atoms with van der Waals surface area (Å²) in [5.41, 5.74) is 0. The number of amides is 1. The second kappa shape index (κ2) is 7.52. The van der Waals surface area contributed by atoms with Gasteiger partial charge in [-0.2, -0.15) is 16.1 Å². The van der Waals surface area contributed by atoms with E-state index in [1.807, 2.05) is 35.3 Å². The van der Waals surface area contributed by atoms with Crippen molar-refractivity contribution in [1.82, 2.24) is 13.8 Å². The number of carbonyl (C=O) groups is 1. The Kier molecular flexibility index (Phi) is 5.94. The molecule has 0 N–H and O–H groups in total. The summed E-state index contributed by atoms with van der Waals surface area (Å²) in [6, 6.07) is 3.63. The van der Waals surface area contributed by atoms with Crippen LogP contribution in [0.2, 0.25) is 0 Å². The van der Waals surface area contributed by atoms with E-state index in [0.717, 1.165) is 12.2 Å². The van der Waals surface area contributed by atoms with Crippen molar-refractivity contribution in [2.24, 2.45) is 0 Å². The van der Waals surface area contributed by atoms with E-state index >= 15 is 0 Å². The van der Waals surface area contributed by atoms with E-state index in [9.17, 15) is 13.2 Å². The first-order valence-electron chi connectivity index (χ1n) is 7.29. The molecule has 0 aliphatic carbocycles. The molecule has 8 heteroatoms. The average molecular weight is 345 g/mol. The highest BCUT2D eigenvalue weighted by Gasteiger charge is 2.30. The Morgan fingerprint density at radius 2 is 1.77 bits per heavy atom. The normalized spacial score (nSPS) is 18.4. The third-order valence-electron chi connectivity index (χ3n) is 3.89. The summed E-state index contributed by atoms with van der Waals surface area (Å²) in [7, 11) is -3.17. The molecule has 1 atom stereocenters. The standard InChI is InChI=1S/C14H23N3O3S2/c1-21-12-5-13(15-6-3-4-7-15)14(18)16-8-10-17(11-9-16)22(2,19)20/h3-4,6-7,13H,5,8-12H2,1-2H3/t13-/m1/s1. The van der Waals surface area contributed by atoms with Gasteiger partial charge in [0.05, 0.1) is 6.26 Å². The van der Waals surface area contributed by atoms with Gasteiger partial charge in [-0.15, -0.1) is 0 Å². The maximum absolute atomic E-state index is 12.8. The van der Waals surface area contributed by atoms with Crippen LogP contribution in [0.15, 0.2) is 24.5 Å². The first-order chi connectivity index (χ1) is 10.4. The molecule has 6 nitrogen and oxygen atoms in total. The van der Waals surface area contributed by atoms with Gasteiger partial charge < -0.3 is 9.47 Å². The number of piperazine rings is 1. The number of thioether (sulfide) groups is 1. The molecule has 0 unspecified atom stereocenters. The topological polar surface area (TPSA) is 62.6 Å². The Hall–Kier alpha value is -0.990. The highest BCUT2D eigenvalue weighted by atomic mass is 32.2. The van der Waals surface area contributed by atoms with Gasteiger partial charge in [-0.05, 0) is 30.6 Å². The Balaban J connectivity index is 2.02. The van der Waals surface area contributed by atoms with Gasteiger partial charge in [0.1, 0.15) is 6.04 Å². The third-order valence-corrected chi connectivity index (χ3v) is 5.83. The summed E-state index contributed by atoms with van der Waals surface area (Å²) in [6.07, 6.45) is 7.85. The maximum Gasteiger partial charge on any atom is 0.245 e. The molecule has 0 aromatic carbocycles. The number of hydrogen-bond acceptors (Lipinski definition) is 4. The lowest BCUT2D eigenvalue weighted by Gasteiger charge is -2.35. The monoisotopic (exact) mass is 345 g/mol. The fourth-order valence-electron chi connectivity index (χ4n) is 2.64. The molecule has 1 amide bonds. The first-order valence-corrected chi connectivity index (χ1v) is 10.5. The summed E-state index contributed by atoms with van der Waals surface area (Å²) in [5.74, 6) is 0.996. The molecule has 0 saturated carbocycles. The second-order valence-corrected chi connectivity index (χ2v) is 8.38. The molecule has 0 spiro atoms. The van der Waals surface area contributed by atoms with Gasteiger partial charge in [-0.25, -0.2) is 8.42 Å². The van der Waals surface area contributed by atoms with Gasteiger partial charge >= 0.3 is 0 Å². The van der Waals surface area contributed by atoms with Crippen molar-refractivity contribution < 1.29 is 13.2 Å². The van der Waals surface area contributed by atoms with Crippen LogP contribution in [0.4, 0.5) is 0 Å². The molecule has 2 rings (SSSR count). The van der Waals surface area contributed by atoms with E-state index in [0.29, 0.717) is 26.2 Å².